The Bertz CT molecular complexity index is 601. The van der Waals surface area contributed by atoms with Gasteiger partial charge in [0.05, 0.1) is 0 Å². The molecular weight excluding hydrogens is 316 g/mol. The van der Waals surface area contributed by atoms with Gasteiger partial charge in [0.1, 0.15) is 10.4 Å². The first kappa shape index (κ1) is 13.1. The van der Waals surface area contributed by atoms with E-state index < -0.39 is 0 Å². The van der Waals surface area contributed by atoms with E-state index in [9.17, 15) is 4.79 Å². The highest BCUT2D eigenvalue weighted by molar-refractivity contribution is 9.10. The molecule has 0 fully saturated rings. The Morgan fingerprint density at radius 3 is 2.78 bits per heavy atom. The fourth-order valence-corrected chi connectivity index (χ4v) is 1.92. The quantitative estimate of drug-likeness (QED) is 0.846. The average molecular weight is 326 g/mol. The van der Waals surface area contributed by atoms with Crippen LogP contribution in [0.3, 0.4) is 0 Å². The van der Waals surface area contributed by atoms with Gasteiger partial charge < -0.3 is 5.32 Å². The number of pyridine rings is 1. The number of carbonyl (C=O) groups excluding carboxylic acids is 1. The van der Waals surface area contributed by atoms with Crippen LogP contribution in [0.5, 0.6) is 0 Å². The fourth-order valence-electron chi connectivity index (χ4n) is 1.40. The molecule has 0 aliphatic carbocycles. The van der Waals surface area contributed by atoms with Crippen LogP contribution in [0.1, 0.15) is 15.9 Å². The molecule has 0 radical (unpaired) electrons. The van der Waals surface area contributed by atoms with Crippen LogP contribution in [-0.4, -0.2) is 10.9 Å². The van der Waals surface area contributed by atoms with E-state index in [1.807, 2.05) is 13.0 Å². The molecule has 18 heavy (non-hydrogen) atoms. The molecule has 0 unspecified atom stereocenters. The van der Waals surface area contributed by atoms with Gasteiger partial charge in [-0.15, -0.1) is 0 Å². The third kappa shape index (κ3) is 3.09. The summed E-state index contributed by atoms with van der Waals surface area (Å²) < 4.78 is 0.669. The number of nitrogens with one attached hydrogen (secondary N) is 1. The summed E-state index contributed by atoms with van der Waals surface area (Å²) in [7, 11) is 0. The van der Waals surface area contributed by atoms with E-state index in [4.69, 9.17) is 11.6 Å². The molecule has 2 rings (SSSR count). The SMILES string of the molecule is Cc1ccc(C(=O)Nc2cccc(Br)n2)cc1Cl. The number of rotatable bonds is 2. The van der Waals surface area contributed by atoms with E-state index in [1.54, 1.807) is 30.3 Å². The average Bonchev–Trinajstić information content (AvgIpc) is 2.32. The van der Waals surface area contributed by atoms with Crippen LogP contribution in [0.2, 0.25) is 5.02 Å². The molecule has 92 valence electrons. The van der Waals surface area contributed by atoms with E-state index >= 15 is 0 Å². The van der Waals surface area contributed by atoms with Gasteiger partial charge in [-0.05, 0) is 52.7 Å². The molecule has 2 aromatic rings. The van der Waals surface area contributed by atoms with Crippen molar-refractivity contribution in [1.29, 1.82) is 0 Å². The van der Waals surface area contributed by atoms with E-state index in [0.29, 0.717) is 21.0 Å². The minimum atomic E-state index is -0.234. The van der Waals surface area contributed by atoms with E-state index in [-0.39, 0.29) is 5.91 Å². The molecule has 1 N–H and O–H groups in total. The Hall–Kier alpha value is -1.39. The number of aryl methyl sites for hydroxylation is 1. The molecule has 3 nitrogen and oxygen atoms in total. The number of benzene rings is 1. The topological polar surface area (TPSA) is 42.0 Å². The van der Waals surface area contributed by atoms with Gasteiger partial charge in [-0.2, -0.15) is 0 Å². The zero-order valence-electron chi connectivity index (χ0n) is 9.58. The molecule has 0 aliphatic heterocycles. The molecule has 1 heterocycles. The van der Waals surface area contributed by atoms with E-state index in [1.165, 1.54) is 0 Å². The van der Waals surface area contributed by atoms with Crippen molar-refractivity contribution in [3.63, 3.8) is 0 Å². The molecule has 0 atom stereocenters. The third-order valence-electron chi connectivity index (χ3n) is 2.39. The molecule has 0 saturated heterocycles. The number of amides is 1. The third-order valence-corrected chi connectivity index (χ3v) is 3.24. The first-order chi connectivity index (χ1) is 8.56. The van der Waals surface area contributed by atoms with Gasteiger partial charge in [-0.3, -0.25) is 4.79 Å². The van der Waals surface area contributed by atoms with Gasteiger partial charge >= 0.3 is 0 Å². The maximum Gasteiger partial charge on any atom is 0.256 e. The number of carbonyl (C=O) groups is 1. The van der Waals surface area contributed by atoms with Gasteiger partial charge in [0.15, 0.2) is 0 Å². The summed E-state index contributed by atoms with van der Waals surface area (Å²) in [5.74, 6) is 0.258. The van der Waals surface area contributed by atoms with Crippen molar-refractivity contribution in [3.8, 4) is 0 Å². The predicted octanol–water partition coefficient (Wildman–Crippen LogP) is 4.06. The predicted molar refractivity (Wildman–Crippen MR) is 76.1 cm³/mol. The van der Waals surface area contributed by atoms with Crippen molar-refractivity contribution in [3.05, 3.63) is 57.2 Å². The van der Waals surface area contributed by atoms with Crippen molar-refractivity contribution in [2.24, 2.45) is 0 Å². The Morgan fingerprint density at radius 2 is 2.11 bits per heavy atom. The first-order valence-corrected chi connectivity index (χ1v) is 6.43. The van der Waals surface area contributed by atoms with Crippen LogP contribution in [0.25, 0.3) is 0 Å². The molecule has 0 spiro atoms. The van der Waals surface area contributed by atoms with Crippen LogP contribution in [0.4, 0.5) is 5.82 Å². The lowest BCUT2D eigenvalue weighted by Crippen LogP contribution is -2.13. The van der Waals surface area contributed by atoms with Gasteiger partial charge in [-0.1, -0.05) is 23.7 Å². The largest absolute Gasteiger partial charge is 0.307 e. The van der Waals surface area contributed by atoms with Crippen molar-refractivity contribution in [2.75, 3.05) is 5.32 Å². The molecule has 1 aromatic heterocycles. The number of aromatic nitrogens is 1. The summed E-state index contributed by atoms with van der Waals surface area (Å²) >= 11 is 9.23. The second-order valence-electron chi connectivity index (χ2n) is 3.76. The molecule has 1 amide bonds. The van der Waals surface area contributed by atoms with Gasteiger partial charge in [0.2, 0.25) is 0 Å². The van der Waals surface area contributed by atoms with Crippen molar-refractivity contribution >= 4 is 39.3 Å². The molecule has 0 saturated carbocycles. The van der Waals surface area contributed by atoms with Crippen molar-refractivity contribution in [1.82, 2.24) is 4.98 Å². The molecule has 5 heteroatoms. The summed E-state index contributed by atoms with van der Waals surface area (Å²) in [6.07, 6.45) is 0. The van der Waals surface area contributed by atoms with Gasteiger partial charge in [0, 0.05) is 10.6 Å². The summed E-state index contributed by atoms with van der Waals surface area (Å²) in [5.41, 5.74) is 1.45. The lowest BCUT2D eigenvalue weighted by molar-refractivity contribution is 0.102. The lowest BCUT2D eigenvalue weighted by Gasteiger charge is -2.06. The number of nitrogens with zero attached hydrogens (tertiary/aromatic N) is 1. The Kier molecular flexibility index (Phi) is 3.99. The van der Waals surface area contributed by atoms with Crippen LogP contribution in [0.15, 0.2) is 41.0 Å². The van der Waals surface area contributed by atoms with Gasteiger partial charge in [0.25, 0.3) is 5.91 Å². The first-order valence-electron chi connectivity index (χ1n) is 5.26. The number of halogens is 2. The van der Waals surface area contributed by atoms with E-state index in [0.717, 1.165) is 5.56 Å². The number of hydrogen-bond donors (Lipinski definition) is 1. The number of hydrogen-bond acceptors (Lipinski definition) is 2. The summed E-state index contributed by atoms with van der Waals surface area (Å²) in [6.45, 7) is 1.89. The molecular formula is C13H10BrClN2O. The number of anilines is 1. The highest BCUT2D eigenvalue weighted by Gasteiger charge is 2.08. The fraction of sp³-hybridized carbons (Fsp3) is 0.0769. The summed E-state index contributed by atoms with van der Waals surface area (Å²) in [4.78, 5) is 16.1. The Balaban J connectivity index is 2.19. The molecule has 0 bridgehead atoms. The van der Waals surface area contributed by atoms with E-state index in [2.05, 4.69) is 26.2 Å². The van der Waals surface area contributed by atoms with Gasteiger partial charge in [-0.25, -0.2) is 4.98 Å². The monoisotopic (exact) mass is 324 g/mol. The van der Waals surface area contributed by atoms with Crippen molar-refractivity contribution < 1.29 is 4.79 Å². The second kappa shape index (κ2) is 5.50. The minimum Gasteiger partial charge on any atom is -0.307 e. The van der Waals surface area contributed by atoms with Crippen LogP contribution < -0.4 is 5.32 Å². The smallest absolute Gasteiger partial charge is 0.256 e. The summed E-state index contributed by atoms with van der Waals surface area (Å²) in [5, 5.41) is 3.28. The molecule has 1 aromatic carbocycles. The lowest BCUT2D eigenvalue weighted by atomic mass is 10.1. The van der Waals surface area contributed by atoms with Crippen LogP contribution in [0, 0.1) is 6.92 Å². The van der Waals surface area contributed by atoms with Crippen LogP contribution in [-0.2, 0) is 0 Å². The second-order valence-corrected chi connectivity index (χ2v) is 4.98. The standard InChI is InChI=1S/C13H10BrClN2O/c1-8-5-6-9(7-10(8)15)13(18)17-12-4-2-3-11(14)16-12/h2-7H,1H3,(H,16,17,18). The summed E-state index contributed by atoms with van der Waals surface area (Å²) in [6, 6.07) is 10.5. The normalized spacial score (nSPS) is 10.2. The highest BCUT2D eigenvalue weighted by Crippen LogP contribution is 2.18. The molecule has 0 aliphatic rings. The zero-order valence-corrected chi connectivity index (χ0v) is 11.9. The minimum absolute atomic E-state index is 0.234. The Labute approximate surface area is 118 Å². The maximum absolute atomic E-state index is 12.0. The van der Waals surface area contributed by atoms with Crippen molar-refractivity contribution in [2.45, 2.75) is 6.92 Å². The maximum atomic E-state index is 12.0. The van der Waals surface area contributed by atoms with Crippen LogP contribution >= 0.6 is 27.5 Å². The zero-order chi connectivity index (χ0) is 13.1. The Morgan fingerprint density at radius 1 is 1.33 bits per heavy atom. The highest BCUT2D eigenvalue weighted by atomic mass is 79.9.